The second-order valence-corrected chi connectivity index (χ2v) is 6.57. The molecule has 6 heteroatoms. The first-order valence-electron chi connectivity index (χ1n) is 6.43. The molecule has 0 spiro atoms. The van der Waals surface area contributed by atoms with Gasteiger partial charge in [-0.05, 0) is 18.9 Å². The van der Waals surface area contributed by atoms with Crippen LogP contribution in [0.15, 0.2) is 12.3 Å². The maximum absolute atomic E-state index is 11.4. The molecule has 5 nitrogen and oxygen atoms in total. The van der Waals surface area contributed by atoms with E-state index in [4.69, 9.17) is 4.74 Å². The van der Waals surface area contributed by atoms with E-state index < -0.39 is 10.8 Å². The summed E-state index contributed by atoms with van der Waals surface area (Å²) >= 11 is 0. The zero-order chi connectivity index (χ0) is 13.8. The Morgan fingerprint density at radius 2 is 2.11 bits per heavy atom. The highest BCUT2D eigenvalue weighted by Crippen LogP contribution is 2.33. The second-order valence-electron chi connectivity index (χ2n) is 4.88. The molecule has 1 aliphatic rings. The van der Waals surface area contributed by atoms with E-state index >= 15 is 0 Å². The van der Waals surface area contributed by atoms with Crippen LogP contribution in [-0.4, -0.2) is 47.9 Å². The van der Waals surface area contributed by atoms with Gasteiger partial charge in [-0.25, -0.2) is 4.98 Å². The van der Waals surface area contributed by atoms with Crippen molar-refractivity contribution in [2.24, 2.45) is 0 Å². The monoisotopic (exact) mass is 283 g/mol. The van der Waals surface area contributed by atoms with E-state index in [1.807, 2.05) is 25.1 Å². The van der Waals surface area contributed by atoms with Gasteiger partial charge in [0, 0.05) is 48.6 Å². The van der Waals surface area contributed by atoms with Gasteiger partial charge in [-0.2, -0.15) is 0 Å². The minimum absolute atomic E-state index is 0.342. The van der Waals surface area contributed by atoms with Crippen molar-refractivity contribution in [2.45, 2.75) is 18.9 Å². The van der Waals surface area contributed by atoms with Crippen molar-refractivity contribution in [3.63, 3.8) is 0 Å². The molecule has 0 saturated carbocycles. The first kappa shape index (κ1) is 14.1. The van der Waals surface area contributed by atoms with Gasteiger partial charge in [0.05, 0.1) is 12.8 Å². The molecule has 19 heavy (non-hydrogen) atoms. The van der Waals surface area contributed by atoms with Crippen LogP contribution in [0.25, 0.3) is 0 Å². The Morgan fingerprint density at radius 1 is 1.42 bits per heavy atom. The summed E-state index contributed by atoms with van der Waals surface area (Å²) in [4.78, 5) is 6.28. The van der Waals surface area contributed by atoms with Crippen molar-refractivity contribution in [1.29, 1.82) is 0 Å². The van der Waals surface area contributed by atoms with E-state index in [-0.39, 0.29) is 0 Å². The molecule has 2 heterocycles. The van der Waals surface area contributed by atoms with Crippen LogP contribution in [0.4, 0.5) is 11.4 Å². The molecule has 0 aromatic carbocycles. The van der Waals surface area contributed by atoms with Crippen LogP contribution in [0.3, 0.4) is 0 Å². The molecule has 0 unspecified atom stereocenters. The number of aromatic nitrogens is 1. The summed E-state index contributed by atoms with van der Waals surface area (Å²) in [6, 6.07) is 2.31. The van der Waals surface area contributed by atoms with Gasteiger partial charge < -0.3 is 15.0 Å². The Balaban J connectivity index is 2.20. The molecular weight excluding hydrogens is 262 g/mol. The van der Waals surface area contributed by atoms with E-state index in [1.165, 1.54) is 0 Å². The van der Waals surface area contributed by atoms with E-state index in [1.54, 1.807) is 13.3 Å². The molecule has 1 aromatic rings. The van der Waals surface area contributed by atoms with E-state index in [9.17, 15) is 4.21 Å². The number of pyridine rings is 1. The van der Waals surface area contributed by atoms with Crippen LogP contribution in [0.1, 0.15) is 12.8 Å². The molecule has 1 N–H and O–H groups in total. The molecule has 1 fully saturated rings. The number of rotatable bonds is 4. The van der Waals surface area contributed by atoms with Crippen LogP contribution < -0.4 is 15.0 Å². The minimum atomic E-state index is -0.637. The van der Waals surface area contributed by atoms with Gasteiger partial charge in [0.15, 0.2) is 0 Å². The minimum Gasteiger partial charge on any atom is -0.479 e. The van der Waals surface area contributed by atoms with Crippen LogP contribution in [0.2, 0.25) is 0 Å². The van der Waals surface area contributed by atoms with Crippen molar-refractivity contribution in [3.8, 4) is 5.88 Å². The van der Waals surface area contributed by atoms with Gasteiger partial charge in [-0.15, -0.1) is 0 Å². The predicted octanol–water partition coefficient (Wildman–Crippen LogP) is 1.48. The molecule has 1 aromatic heterocycles. The summed E-state index contributed by atoms with van der Waals surface area (Å²) in [5.41, 5.74) is 1.98. The number of ether oxygens (including phenoxy) is 1. The third-order valence-corrected chi connectivity index (χ3v) is 4.69. The van der Waals surface area contributed by atoms with Crippen LogP contribution >= 0.6 is 0 Å². The fourth-order valence-corrected chi connectivity index (χ4v) is 3.54. The maximum atomic E-state index is 11.4. The normalized spacial score (nSPS) is 22.9. The average Bonchev–Trinajstić information content (AvgIpc) is 2.41. The third kappa shape index (κ3) is 3.37. The number of nitrogens with zero attached hydrogens (tertiary/aromatic N) is 2. The molecule has 0 radical (unpaired) electrons. The molecule has 0 atom stereocenters. The van der Waals surface area contributed by atoms with Crippen molar-refractivity contribution in [2.75, 3.05) is 42.9 Å². The van der Waals surface area contributed by atoms with E-state index in [0.29, 0.717) is 11.9 Å². The van der Waals surface area contributed by atoms with Crippen molar-refractivity contribution in [1.82, 2.24) is 4.98 Å². The number of nitrogens with one attached hydrogen (secondary N) is 1. The first-order valence-corrected chi connectivity index (χ1v) is 7.92. The fourth-order valence-electron chi connectivity index (χ4n) is 2.24. The van der Waals surface area contributed by atoms with Gasteiger partial charge >= 0.3 is 0 Å². The van der Waals surface area contributed by atoms with Crippen molar-refractivity contribution >= 4 is 22.2 Å². The summed E-state index contributed by atoms with van der Waals surface area (Å²) in [7, 11) is 4.98. The molecule has 0 aliphatic carbocycles. The first-order chi connectivity index (χ1) is 9.11. The van der Waals surface area contributed by atoms with Gasteiger partial charge in [0.2, 0.25) is 5.88 Å². The van der Waals surface area contributed by atoms with Gasteiger partial charge in [-0.1, -0.05) is 0 Å². The zero-order valence-electron chi connectivity index (χ0n) is 11.7. The maximum Gasteiger partial charge on any atom is 0.239 e. The van der Waals surface area contributed by atoms with Crippen LogP contribution in [0, 0.1) is 0 Å². The lowest BCUT2D eigenvalue weighted by atomic mass is 10.1. The Hall–Kier alpha value is -1.30. The predicted molar refractivity (Wildman–Crippen MR) is 79.6 cm³/mol. The lowest BCUT2D eigenvalue weighted by Crippen LogP contribution is -2.30. The van der Waals surface area contributed by atoms with Crippen molar-refractivity contribution < 1.29 is 8.95 Å². The Kier molecular flexibility index (Phi) is 4.63. The average molecular weight is 283 g/mol. The van der Waals surface area contributed by atoms with E-state index in [2.05, 4.69) is 10.3 Å². The van der Waals surface area contributed by atoms with Gasteiger partial charge in [0.25, 0.3) is 0 Å². The van der Waals surface area contributed by atoms with Crippen LogP contribution in [0.5, 0.6) is 5.88 Å². The lowest BCUT2D eigenvalue weighted by Gasteiger charge is -2.27. The summed E-state index contributed by atoms with van der Waals surface area (Å²) in [6.45, 7) is 0. The summed E-state index contributed by atoms with van der Waals surface area (Å²) in [5, 5.41) is 3.51. The lowest BCUT2D eigenvalue weighted by molar-refractivity contribution is 0.399. The van der Waals surface area contributed by atoms with Crippen LogP contribution in [-0.2, 0) is 10.8 Å². The van der Waals surface area contributed by atoms with Gasteiger partial charge in [0.1, 0.15) is 5.69 Å². The number of hydrogen-bond acceptors (Lipinski definition) is 5. The highest BCUT2D eigenvalue weighted by molar-refractivity contribution is 7.85. The molecule has 0 bridgehead atoms. The number of hydrogen-bond donors (Lipinski definition) is 1. The van der Waals surface area contributed by atoms with Crippen molar-refractivity contribution in [3.05, 3.63) is 12.3 Å². The Labute approximate surface area is 116 Å². The SMILES string of the molecule is COc1nccc(N(C)C)c1NC1CCS(=O)CC1. The Bertz CT molecular complexity index is 455. The molecule has 2 rings (SSSR count). The van der Waals surface area contributed by atoms with E-state index in [0.717, 1.165) is 35.7 Å². The fraction of sp³-hybridized carbons (Fsp3) is 0.615. The number of anilines is 2. The second kappa shape index (κ2) is 6.23. The molecule has 0 amide bonds. The smallest absolute Gasteiger partial charge is 0.239 e. The quantitative estimate of drug-likeness (QED) is 0.907. The largest absolute Gasteiger partial charge is 0.479 e. The Morgan fingerprint density at radius 3 is 2.68 bits per heavy atom. The molecule has 1 aliphatic heterocycles. The summed E-state index contributed by atoms with van der Waals surface area (Å²) in [6.07, 6.45) is 3.60. The summed E-state index contributed by atoms with van der Waals surface area (Å²) in [5.74, 6) is 2.16. The zero-order valence-corrected chi connectivity index (χ0v) is 12.5. The topological polar surface area (TPSA) is 54.5 Å². The number of methoxy groups -OCH3 is 1. The standard InChI is InChI=1S/C13H21N3O2S/c1-16(2)11-4-7-14-13(18-3)12(11)15-10-5-8-19(17)9-6-10/h4,7,10,15H,5-6,8-9H2,1-3H3. The molecule has 1 saturated heterocycles. The highest BCUT2D eigenvalue weighted by atomic mass is 32.2. The highest BCUT2D eigenvalue weighted by Gasteiger charge is 2.21. The molecular formula is C13H21N3O2S. The molecule has 106 valence electrons. The van der Waals surface area contributed by atoms with Gasteiger partial charge in [-0.3, -0.25) is 4.21 Å². The summed E-state index contributed by atoms with van der Waals surface area (Å²) < 4.78 is 16.7. The third-order valence-electron chi connectivity index (χ3n) is 3.31.